The summed E-state index contributed by atoms with van der Waals surface area (Å²) in [6.07, 6.45) is 7.99. The van der Waals surface area contributed by atoms with E-state index in [1.165, 1.54) is 31.2 Å². The van der Waals surface area contributed by atoms with Gasteiger partial charge in [-0.15, -0.1) is 0 Å². The largest absolute Gasteiger partial charge is 0.343 e. The normalized spacial score (nSPS) is 29.7. The molecule has 2 unspecified atom stereocenters. The third kappa shape index (κ3) is 4.29. The summed E-state index contributed by atoms with van der Waals surface area (Å²) in [5.41, 5.74) is 1.39. The average Bonchev–Trinajstić information content (AvgIpc) is 3.01. The summed E-state index contributed by atoms with van der Waals surface area (Å²) >= 11 is 0. The summed E-state index contributed by atoms with van der Waals surface area (Å²) < 4.78 is 0. The monoisotopic (exact) mass is 355 g/mol. The molecule has 1 aromatic carbocycles. The Hall–Kier alpha value is -1.39. The molecule has 4 rings (SSSR count). The highest BCUT2D eigenvalue weighted by atomic mass is 16.2. The minimum absolute atomic E-state index is 0.373. The van der Waals surface area contributed by atoms with E-state index < -0.39 is 0 Å². The maximum Gasteiger partial charge on any atom is 0.222 e. The second-order valence-electron chi connectivity index (χ2n) is 8.68. The Kier molecular flexibility index (Phi) is 5.60. The van der Waals surface area contributed by atoms with E-state index in [0.717, 1.165) is 38.9 Å². The summed E-state index contributed by atoms with van der Waals surface area (Å²) in [7, 11) is 2.04. The van der Waals surface area contributed by atoms with E-state index in [0.29, 0.717) is 30.0 Å². The van der Waals surface area contributed by atoms with Gasteiger partial charge in [0.1, 0.15) is 0 Å². The quantitative estimate of drug-likeness (QED) is 0.882. The summed E-state index contributed by atoms with van der Waals surface area (Å²) in [4.78, 5) is 17.4. The number of likely N-dealkylation sites (tertiary alicyclic amines) is 1. The number of carbonyl (C=O) groups is 1. The van der Waals surface area contributed by atoms with E-state index in [4.69, 9.17) is 0 Å². The van der Waals surface area contributed by atoms with Crippen LogP contribution < -0.4 is 5.32 Å². The van der Waals surface area contributed by atoms with Crippen molar-refractivity contribution < 1.29 is 4.79 Å². The van der Waals surface area contributed by atoms with Gasteiger partial charge in [0.15, 0.2) is 0 Å². The summed E-state index contributed by atoms with van der Waals surface area (Å²) in [5, 5.41) is 3.68. The molecule has 3 aliphatic rings. The van der Waals surface area contributed by atoms with E-state index in [9.17, 15) is 4.79 Å². The minimum Gasteiger partial charge on any atom is -0.343 e. The van der Waals surface area contributed by atoms with E-state index in [-0.39, 0.29) is 0 Å². The van der Waals surface area contributed by atoms with Crippen molar-refractivity contribution in [1.29, 1.82) is 0 Å². The minimum atomic E-state index is 0.373. The Morgan fingerprint density at radius 3 is 2.38 bits per heavy atom. The first-order valence-corrected chi connectivity index (χ1v) is 10.5. The smallest absolute Gasteiger partial charge is 0.222 e. The Morgan fingerprint density at radius 2 is 1.73 bits per heavy atom. The fraction of sp³-hybridized carbons (Fsp3) is 0.682. The molecule has 4 nitrogen and oxygen atoms in total. The number of nitrogens with zero attached hydrogens (tertiary/aromatic N) is 2. The van der Waals surface area contributed by atoms with Crippen molar-refractivity contribution in [2.24, 2.45) is 5.92 Å². The first-order valence-electron chi connectivity index (χ1n) is 10.5. The molecule has 0 saturated carbocycles. The molecule has 0 aromatic heterocycles. The number of amides is 1. The highest BCUT2D eigenvalue weighted by Crippen LogP contribution is 2.33. The molecular formula is C22H33N3O. The predicted octanol–water partition coefficient (Wildman–Crippen LogP) is 3.03. The van der Waals surface area contributed by atoms with Crippen LogP contribution in [-0.4, -0.2) is 54.0 Å². The van der Waals surface area contributed by atoms with Gasteiger partial charge in [-0.2, -0.15) is 0 Å². The van der Waals surface area contributed by atoms with E-state index in [2.05, 4.69) is 45.4 Å². The molecule has 0 radical (unpaired) electrons. The summed E-state index contributed by atoms with van der Waals surface area (Å²) in [5.74, 6) is 0.972. The lowest BCUT2D eigenvalue weighted by Gasteiger charge is -2.38. The van der Waals surface area contributed by atoms with Crippen LogP contribution in [0.4, 0.5) is 0 Å². The molecule has 1 aromatic rings. The number of fused-ring (bicyclic) bond motifs is 2. The number of hydrogen-bond donors (Lipinski definition) is 1. The maximum absolute atomic E-state index is 12.8. The van der Waals surface area contributed by atoms with Gasteiger partial charge in [-0.1, -0.05) is 30.3 Å². The third-order valence-corrected chi connectivity index (χ3v) is 6.78. The Bertz CT molecular complexity index is 585. The zero-order chi connectivity index (χ0) is 17.9. The third-order valence-electron chi connectivity index (χ3n) is 6.78. The molecule has 1 N–H and O–H groups in total. The van der Waals surface area contributed by atoms with Gasteiger partial charge in [0.2, 0.25) is 5.91 Å². The predicted molar refractivity (Wildman–Crippen MR) is 105 cm³/mol. The lowest BCUT2D eigenvalue weighted by molar-refractivity contribution is -0.134. The molecular weight excluding hydrogens is 322 g/mol. The molecule has 4 heteroatoms. The molecule has 0 aliphatic carbocycles. The van der Waals surface area contributed by atoms with Crippen molar-refractivity contribution in [1.82, 2.24) is 15.1 Å². The van der Waals surface area contributed by atoms with Gasteiger partial charge in [0.05, 0.1) is 0 Å². The van der Waals surface area contributed by atoms with Crippen molar-refractivity contribution in [3.8, 4) is 0 Å². The second-order valence-corrected chi connectivity index (χ2v) is 8.68. The Balaban J connectivity index is 1.22. The Labute approximate surface area is 157 Å². The number of carbonyl (C=O) groups excluding carboxylic acids is 1. The first kappa shape index (κ1) is 18.0. The van der Waals surface area contributed by atoms with Crippen LogP contribution >= 0.6 is 0 Å². The zero-order valence-corrected chi connectivity index (χ0v) is 16.1. The van der Waals surface area contributed by atoms with Crippen molar-refractivity contribution in [2.45, 2.75) is 69.6 Å². The van der Waals surface area contributed by atoms with Crippen LogP contribution in [0.25, 0.3) is 0 Å². The number of piperidine rings is 2. The highest BCUT2D eigenvalue weighted by molar-refractivity contribution is 5.76. The van der Waals surface area contributed by atoms with Crippen LogP contribution in [0.15, 0.2) is 30.3 Å². The number of nitrogens with one attached hydrogen (secondary N) is 1. The molecule has 3 fully saturated rings. The van der Waals surface area contributed by atoms with E-state index >= 15 is 0 Å². The van der Waals surface area contributed by atoms with Crippen molar-refractivity contribution in [3.05, 3.63) is 35.9 Å². The molecule has 1 amide bonds. The second kappa shape index (κ2) is 8.10. The van der Waals surface area contributed by atoms with Gasteiger partial charge in [-0.25, -0.2) is 0 Å². The van der Waals surface area contributed by atoms with Gasteiger partial charge in [-0.3, -0.25) is 9.69 Å². The fourth-order valence-electron chi connectivity index (χ4n) is 5.24. The van der Waals surface area contributed by atoms with Gasteiger partial charge in [0, 0.05) is 51.2 Å². The first-order chi connectivity index (χ1) is 12.7. The maximum atomic E-state index is 12.8. The molecule has 26 heavy (non-hydrogen) atoms. The van der Waals surface area contributed by atoms with Crippen LogP contribution in [0.2, 0.25) is 0 Å². The molecule has 0 spiro atoms. The van der Waals surface area contributed by atoms with Gasteiger partial charge in [-0.05, 0) is 50.0 Å². The molecule has 142 valence electrons. The number of benzene rings is 1. The molecule has 3 aliphatic heterocycles. The SMILES string of the molecule is CN(C(=O)CC1CC2CCC(C1)N2)C1CCN(Cc2ccccc2)CC1. The summed E-state index contributed by atoms with van der Waals surface area (Å²) in [6, 6.07) is 12.5. The average molecular weight is 356 g/mol. The van der Waals surface area contributed by atoms with Crippen LogP contribution in [0.1, 0.15) is 50.5 Å². The van der Waals surface area contributed by atoms with Gasteiger partial charge < -0.3 is 10.2 Å². The van der Waals surface area contributed by atoms with Crippen LogP contribution in [-0.2, 0) is 11.3 Å². The lowest BCUT2D eigenvalue weighted by Crippen LogP contribution is -2.46. The lowest BCUT2D eigenvalue weighted by atomic mass is 9.89. The van der Waals surface area contributed by atoms with Crippen LogP contribution in [0, 0.1) is 5.92 Å². The van der Waals surface area contributed by atoms with Crippen molar-refractivity contribution in [2.75, 3.05) is 20.1 Å². The zero-order valence-electron chi connectivity index (χ0n) is 16.1. The molecule has 2 bridgehead atoms. The number of hydrogen-bond acceptors (Lipinski definition) is 3. The summed E-state index contributed by atoms with van der Waals surface area (Å²) in [6.45, 7) is 3.21. The molecule has 3 saturated heterocycles. The topological polar surface area (TPSA) is 35.6 Å². The van der Waals surface area contributed by atoms with Crippen molar-refractivity contribution >= 4 is 5.91 Å². The van der Waals surface area contributed by atoms with Gasteiger partial charge >= 0.3 is 0 Å². The molecule has 2 atom stereocenters. The van der Waals surface area contributed by atoms with Crippen molar-refractivity contribution in [3.63, 3.8) is 0 Å². The highest BCUT2D eigenvalue weighted by Gasteiger charge is 2.35. The van der Waals surface area contributed by atoms with E-state index in [1.807, 2.05) is 7.05 Å². The van der Waals surface area contributed by atoms with E-state index in [1.54, 1.807) is 0 Å². The molecule has 3 heterocycles. The standard InChI is InChI=1S/C22H33N3O/c1-24(22(26)15-18-13-19-7-8-20(14-18)23-19)21-9-11-25(12-10-21)16-17-5-3-2-4-6-17/h2-6,18-21,23H,7-16H2,1H3. The van der Waals surface area contributed by atoms with Crippen LogP contribution in [0.5, 0.6) is 0 Å². The van der Waals surface area contributed by atoms with Crippen LogP contribution in [0.3, 0.4) is 0 Å². The van der Waals surface area contributed by atoms with Gasteiger partial charge in [0.25, 0.3) is 0 Å². The fourth-order valence-corrected chi connectivity index (χ4v) is 5.24. The number of rotatable bonds is 5. The Morgan fingerprint density at radius 1 is 1.08 bits per heavy atom.